The number of fused-ring (bicyclic) bond motifs is 1. The lowest BCUT2D eigenvalue weighted by molar-refractivity contribution is 0.000534. The standard InChI is InChI=1S/C20H25N3O2S/c1-14-18(26-13-22-14)19(24)23-11-15-5-3-4-6-17(15)25-20(12-23)9-7-16(21-2)8-10-20/h3-6,13,16,21H,7-12H2,1-2H3. The monoisotopic (exact) mass is 371 g/mol. The van der Waals surface area contributed by atoms with Crippen LogP contribution in [0.5, 0.6) is 5.75 Å². The summed E-state index contributed by atoms with van der Waals surface area (Å²) in [6.07, 6.45) is 4.05. The summed E-state index contributed by atoms with van der Waals surface area (Å²) in [6, 6.07) is 8.66. The summed E-state index contributed by atoms with van der Waals surface area (Å²) in [6.45, 7) is 3.12. The number of nitrogens with zero attached hydrogens (tertiary/aromatic N) is 2. The lowest BCUT2D eigenvalue weighted by Gasteiger charge is -2.41. The number of nitrogens with one attached hydrogen (secondary N) is 1. The van der Waals surface area contributed by atoms with Gasteiger partial charge in [-0.25, -0.2) is 4.98 Å². The summed E-state index contributed by atoms with van der Waals surface area (Å²) in [4.78, 5) is 20.2. The van der Waals surface area contributed by atoms with Gasteiger partial charge in [-0.3, -0.25) is 4.79 Å². The van der Waals surface area contributed by atoms with Crippen molar-refractivity contribution in [2.24, 2.45) is 0 Å². The predicted octanol–water partition coefficient (Wildman–Crippen LogP) is 3.39. The predicted molar refractivity (Wildman–Crippen MR) is 103 cm³/mol. The van der Waals surface area contributed by atoms with E-state index in [1.165, 1.54) is 11.3 Å². The Labute approximate surface area is 158 Å². The molecule has 1 aliphatic heterocycles. The molecule has 26 heavy (non-hydrogen) atoms. The van der Waals surface area contributed by atoms with Crippen molar-refractivity contribution in [2.75, 3.05) is 13.6 Å². The van der Waals surface area contributed by atoms with E-state index in [4.69, 9.17) is 4.74 Å². The van der Waals surface area contributed by atoms with Crippen molar-refractivity contribution in [3.05, 3.63) is 45.9 Å². The second kappa shape index (κ2) is 7.00. The first-order chi connectivity index (χ1) is 12.6. The molecule has 0 radical (unpaired) electrons. The van der Waals surface area contributed by atoms with Crippen LogP contribution in [0.2, 0.25) is 0 Å². The largest absolute Gasteiger partial charge is 0.485 e. The summed E-state index contributed by atoms with van der Waals surface area (Å²) in [5, 5.41) is 3.38. The fourth-order valence-electron chi connectivity index (χ4n) is 4.10. The van der Waals surface area contributed by atoms with Gasteiger partial charge in [0.15, 0.2) is 0 Å². The number of benzene rings is 1. The Balaban J connectivity index is 1.67. The molecule has 1 aromatic heterocycles. The van der Waals surface area contributed by atoms with Gasteiger partial charge in [0.1, 0.15) is 16.2 Å². The molecule has 6 heteroatoms. The van der Waals surface area contributed by atoms with E-state index < -0.39 is 0 Å². The number of ether oxygens (including phenoxy) is 1. The molecule has 2 aromatic rings. The van der Waals surface area contributed by atoms with Gasteiger partial charge in [-0.05, 0) is 45.7 Å². The van der Waals surface area contributed by atoms with Crippen molar-refractivity contribution in [1.82, 2.24) is 15.2 Å². The molecule has 1 fully saturated rings. The summed E-state index contributed by atoms with van der Waals surface area (Å²) in [5.41, 5.74) is 3.34. The van der Waals surface area contributed by atoms with E-state index in [9.17, 15) is 4.79 Å². The Morgan fingerprint density at radius 3 is 2.81 bits per heavy atom. The van der Waals surface area contributed by atoms with Crippen LogP contribution >= 0.6 is 11.3 Å². The van der Waals surface area contributed by atoms with Crippen LogP contribution in [-0.4, -0.2) is 41.0 Å². The fraction of sp³-hybridized carbons (Fsp3) is 0.500. The second-order valence-electron chi connectivity index (χ2n) is 7.38. The maximum absolute atomic E-state index is 13.2. The average molecular weight is 372 g/mol. The van der Waals surface area contributed by atoms with Crippen molar-refractivity contribution in [1.29, 1.82) is 0 Å². The molecule has 0 atom stereocenters. The Bertz CT molecular complexity index is 796. The molecule has 0 unspecified atom stereocenters. The summed E-state index contributed by atoms with van der Waals surface area (Å²) >= 11 is 1.43. The highest BCUT2D eigenvalue weighted by Crippen LogP contribution is 2.38. The molecule has 1 aliphatic carbocycles. The maximum Gasteiger partial charge on any atom is 0.266 e. The highest BCUT2D eigenvalue weighted by atomic mass is 32.1. The van der Waals surface area contributed by atoms with Gasteiger partial charge in [-0.1, -0.05) is 18.2 Å². The van der Waals surface area contributed by atoms with Crippen molar-refractivity contribution >= 4 is 17.2 Å². The Morgan fingerprint density at radius 2 is 2.12 bits per heavy atom. The fourth-order valence-corrected chi connectivity index (χ4v) is 4.87. The molecule has 1 N–H and O–H groups in total. The topological polar surface area (TPSA) is 54.5 Å². The Morgan fingerprint density at radius 1 is 1.35 bits per heavy atom. The number of thiazole rings is 1. The minimum Gasteiger partial charge on any atom is -0.485 e. The summed E-state index contributed by atoms with van der Waals surface area (Å²) < 4.78 is 6.57. The Kier molecular flexibility index (Phi) is 4.71. The third-order valence-corrected chi connectivity index (χ3v) is 6.59. The smallest absolute Gasteiger partial charge is 0.266 e. The van der Waals surface area contributed by atoms with Gasteiger partial charge in [0, 0.05) is 18.2 Å². The average Bonchev–Trinajstić information content (AvgIpc) is 3.01. The van der Waals surface area contributed by atoms with Crippen LogP contribution in [0.25, 0.3) is 0 Å². The number of aromatic nitrogens is 1. The molecule has 2 aliphatic rings. The second-order valence-corrected chi connectivity index (χ2v) is 8.24. The number of carbonyl (C=O) groups excluding carboxylic acids is 1. The number of aryl methyl sites for hydroxylation is 1. The van der Waals surface area contributed by atoms with Crippen LogP contribution in [0, 0.1) is 6.92 Å². The molecule has 1 saturated carbocycles. The van der Waals surface area contributed by atoms with Gasteiger partial charge in [-0.2, -0.15) is 0 Å². The van der Waals surface area contributed by atoms with Crippen molar-refractivity contribution in [3.8, 4) is 5.75 Å². The van der Waals surface area contributed by atoms with Gasteiger partial charge >= 0.3 is 0 Å². The van der Waals surface area contributed by atoms with Crippen molar-refractivity contribution < 1.29 is 9.53 Å². The number of para-hydroxylation sites is 1. The number of hydrogen-bond donors (Lipinski definition) is 1. The third-order valence-electron chi connectivity index (χ3n) is 5.67. The van der Waals surface area contributed by atoms with Crippen LogP contribution in [-0.2, 0) is 6.54 Å². The van der Waals surface area contributed by atoms with Crippen molar-refractivity contribution in [2.45, 2.75) is 50.8 Å². The van der Waals surface area contributed by atoms with E-state index in [0.717, 1.165) is 47.6 Å². The molecule has 4 rings (SSSR count). The van der Waals surface area contributed by atoms with Crippen LogP contribution in [0.4, 0.5) is 0 Å². The van der Waals surface area contributed by atoms with Gasteiger partial charge < -0.3 is 15.0 Å². The van der Waals surface area contributed by atoms with Crippen LogP contribution in [0.15, 0.2) is 29.8 Å². The lowest BCUT2D eigenvalue weighted by atomic mass is 9.81. The van der Waals surface area contributed by atoms with E-state index in [0.29, 0.717) is 19.1 Å². The van der Waals surface area contributed by atoms with Crippen LogP contribution in [0.3, 0.4) is 0 Å². The number of rotatable bonds is 2. The molecule has 1 amide bonds. The minimum absolute atomic E-state index is 0.0698. The molecule has 0 saturated heterocycles. The molecule has 0 bridgehead atoms. The third kappa shape index (κ3) is 3.23. The van der Waals surface area contributed by atoms with E-state index in [2.05, 4.69) is 16.4 Å². The van der Waals surface area contributed by atoms with E-state index in [-0.39, 0.29) is 11.5 Å². The van der Waals surface area contributed by atoms with Gasteiger partial charge in [-0.15, -0.1) is 11.3 Å². The molecule has 2 heterocycles. The zero-order chi connectivity index (χ0) is 18.1. The van der Waals surface area contributed by atoms with E-state index >= 15 is 0 Å². The van der Waals surface area contributed by atoms with E-state index in [1.54, 1.807) is 5.51 Å². The first-order valence-electron chi connectivity index (χ1n) is 9.24. The normalized spacial score (nSPS) is 25.5. The summed E-state index contributed by atoms with van der Waals surface area (Å²) in [7, 11) is 2.02. The molecular formula is C20H25N3O2S. The number of amides is 1. The number of hydrogen-bond acceptors (Lipinski definition) is 5. The minimum atomic E-state index is -0.297. The lowest BCUT2D eigenvalue weighted by Crippen LogP contribution is -2.51. The molecular weight excluding hydrogens is 346 g/mol. The molecule has 1 aromatic carbocycles. The van der Waals surface area contributed by atoms with Gasteiger partial charge in [0.25, 0.3) is 5.91 Å². The van der Waals surface area contributed by atoms with E-state index in [1.807, 2.05) is 37.1 Å². The van der Waals surface area contributed by atoms with Gasteiger partial charge in [0.05, 0.1) is 17.7 Å². The SMILES string of the molecule is CNC1CCC2(CC1)CN(C(=O)c1scnc1C)Cc1ccccc1O2. The van der Waals surface area contributed by atoms with Crippen LogP contribution in [0.1, 0.15) is 46.6 Å². The first kappa shape index (κ1) is 17.5. The molecule has 5 nitrogen and oxygen atoms in total. The summed E-state index contributed by atoms with van der Waals surface area (Å²) in [5.74, 6) is 0.993. The molecule has 1 spiro atoms. The quantitative estimate of drug-likeness (QED) is 0.879. The highest BCUT2D eigenvalue weighted by molar-refractivity contribution is 7.11. The zero-order valence-corrected chi connectivity index (χ0v) is 16.1. The first-order valence-corrected chi connectivity index (χ1v) is 10.1. The van der Waals surface area contributed by atoms with Crippen LogP contribution < -0.4 is 10.1 Å². The van der Waals surface area contributed by atoms with Crippen molar-refractivity contribution in [3.63, 3.8) is 0 Å². The maximum atomic E-state index is 13.2. The van der Waals surface area contributed by atoms with Gasteiger partial charge in [0.2, 0.25) is 0 Å². The molecule has 138 valence electrons. The number of carbonyl (C=O) groups is 1. The highest BCUT2D eigenvalue weighted by Gasteiger charge is 2.42. The Hall–Kier alpha value is -1.92. The zero-order valence-electron chi connectivity index (χ0n) is 15.3.